The highest BCUT2D eigenvalue weighted by molar-refractivity contribution is 5.77. The fraction of sp³-hybridized carbons (Fsp3) is 0.533. The lowest BCUT2D eigenvalue weighted by Gasteiger charge is -2.10. The van der Waals surface area contributed by atoms with Crippen LogP contribution in [-0.4, -0.2) is 18.6 Å². The number of carbonyl (C=O) groups excluding carboxylic acids is 1. The molecule has 0 radical (unpaired) electrons. The van der Waals surface area contributed by atoms with Crippen LogP contribution in [0.5, 0.6) is 5.75 Å². The Morgan fingerprint density at radius 1 is 1.17 bits per heavy atom. The molecule has 3 heteroatoms. The predicted molar refractivity (Wildman–Crippen MR) is 73.8 cm³/mol. The lowest BCUT2D eigenvalue weighted by molar-refractivity contribution is -0.123. The van der Waals surface area contributed by atoms with Gasteiger partial charge >= 0.3 is 0 Å². The Morgan fingerprint density at radius 3 is 2.28 bits per heavy atom. The number of carbonyl (C=O) groups is 1. The van der Waals surface area contributed by atoms with E-state index in [9.17, 15) is 4.79 Å². The molecule has 1 aromatic carbocycles. The molecule has 1 aromatic rings. The molecule has 1 rings (SSSR count). The molecule has 0 heterocycles. The van der Waals surface area contributed by atoms with Crippen LogP contribution in [0.25, 0.3) is 0 Å². The van der Waals surface area contributed by atoms with Crippen LogP contribution < -0.4 is 10.1 Å². The zero-order chi connectivity index (χ0) is 13.5. The molecule has 0 saturated heterocycles. The maximum absolute atomic E-state index is 11.4. The number of hydrogen-bond donors (Lipinski definition) is 1. The molecule has 0 fully saturated rings. The van der Waals surface area contributed by atoms with Gasteiger partial charge in [-0.3, -0.25) is 4.79 Å². The van der Waals surface area contributed by atoms with Gasteiger partial charge in [-0.15, -0.1) is 0 Å². The van der Waals surface area contributed by atoms with E-state index < -0.39 is 0 Å². The van der Waals surface area contributed by atoms with Gasteiger partial charge in [0, 0.05) is 12.5 Å². The van der Waals surface area contributed by atoms with Crippen LogP contribution in [0, 0.1) is 5.92 Å². The molecular formula is C15H23NO2. The van der Waals surface area contributed by atoms with Crippen molar-refractivity contribution in [2.45, 2.75) is 40.2 Å². The van der Waals surface area contributed by atoms with Crippen LogP contribution >= 0.6 is 0 Å². The molecule has 18 heavy (non-hydrogen) atoms. The summed E-state index contributed by atoms with van der Waals surface area (Å²) in [5, 5.41) is 2.91. The summed E-state index contributed by atoms with van der Waals surface area (Å²) in [5.41, 5.74) is 1.20. The Kier molecular flexibility index (Phi) is 5.69. The van der Waals surface area contributed by atoms with E-state index in [0.29, 0.717) is 6.54 Å². The van der Waals surface area contributed by atoms with Gasteiger partial charge in [0.25, 0.3) is 0 Å². The molecule has 1 N–H and O–H groups in total. The molecule has 0 aromatic heterocycles. The summed E-state index contributed by atoms with van der Waals surface area (Å²) in [6.45, 7) is 8.49. The van der Waals surface area contributed by atoms with Gasteiger partial charge in [-0.2, -0.15) is 0 Å². The van der Waals surface area contributed by atoms with E-state index in [1.165, 1.54) is 5.56 Å². The molecule has 0 bridgehead atoms. The van der Waals surface area contributed by atoms with Crippen LogP contribution in [0.2, 0.25) is 0 Å². The van der Waals surface area contributed by atoms with E-state index in [0.717, 1.165) is 12.2 Å². The Balaban J connectivity index is 2.37. The van der Waals surface area contributed by atoms with Crippen molar-refractivity contribution in [3.8, 4) is 5.75 Å². The largest absolute Gasteiger partial charge is 0.491 e. The molecule has 0 aliphatic rings. The van der Waals surface area contributed by atoms with Gasteiger partial charge in [-0.25, -0.2) is 0 Å². The Hall–Kier alpha value is -1.51. The Bertz CT molecular complexity index is 369. The summed E-state index contributed by atoms with van der Waals surface area (Å²) in [6.07, 6.45) is 1.04. The normalized spacial score (nSPS) is 10.8. The van der Waals surface area contributed by atoms with Crippen molar-refractivity contribution in [2.24, 2.45) is 5.92 Å². The van der Waals surface area contributed by atoms with Crippen molar-refractivity contribution in [3.05, 3.63) is 29.8 Å². The smallest absolute Gasteiger partial charge is 0.222 e. The van der Waals surface area contributed by atoms with Gasteiger partial charge < -0.3 is 10.1 Å². The number of hydrogen-bond acceptors (Lipinski definition) is 2. The van der Waals surface area contributed by atoms with E-state index in [1.54, 1.807) is 0 Å². The van der Waals surface area contributed by atoms with Crippen LogP contribution in [0.4, 0.5) is 0 Å². The monoisotopic (exact) mass is 249 g/mol. The molecule has 1 amide bonds. The number of nitrogens with one attached hydrogen (secondary N) is 1. The molecule has 0 unspecified atom stereocenters. The van der Waals surface area contributed by atoms with Gasteiger partial charge in [0.2, 0.25) is 5.91 Å². The van der Waals surface area contributed by atoms with Crippen molar-refractivity contribution >= 4 is 5.91 Å². The second-order valence-electron chi connectivity index (χ2n) is 5.01. The van der Waals surface area contributed by atoms with E-state index >= 15 is 0 Å². The second-order valence-corrected chi connectivity index (χ2v) is 5.01. The highest BCUT2D eigenvalue weighted by Gasteiger charge is 2.05. The summed E-state index contributed by atoms with van der Waals surface area (Å²) in [6, 6.07) is 8.03. The van der Waals surface area contributed by atoms with Crippen molar-refractivity contribution < 1.29 is 9.53 Å². The lowest BCUT2D eigenvalue weighted by atomic mass is 10.1. The van der Waals surface area contributed by atoms with Gasteiger partial charge in [-0.05, 0) is 38.0 Å². The Morgan fingerprint density at radius 2 is 1.78 bits per heavy atom. The average molecular weight is 249 g/mol. The first-order valence-electron chi connectivity index (χ1n) is 6.52. The standard InChI is InChI=1S/C15H23NO2/c1-11(2)15(17)16-10-9-13-5-7-14(8-6-13)18-12(3)4/h5-8,11-12H,9-10H2,1-4H3,(H,16,17). The Labute approximate surface area is 110 Å². The van der Waals surface area contributed by atoms with Crippen molar-refractivity contribution in [1.82, 2.24) is 5.32 Å². The van der Waals surface area contributed by atoms with Gasteiger partial charge in [0.05, 0.1) is 6.10 Å². The third-order valence-corrected chi connectivity index (χ3v) is 2.53. The van der Waals surface area contributed by atoms with Gasteiger partial charge in [0.1, 0.15) is 5.75 Å². The first-order chi connectivity index (χ1) is 8.49. The average Bonchev–Trinajstić information content (AvgIpc) is 2.30. The van der Waals surface area contributed by atoms with E-state index in [4.69, 9.17) is 4.74 Å². The number of amides is 1. The maximum atomic E-state index is 11.4. The van der Waals surface area contributed by atoms with Gasteiger partial charge in [0.15, 0.2) is 0 Å². The molecule has 100 valence electrons. The fourth-order valence-electron chi connectivity index (χ4n) is 1.54. The number of rotatable bonds is 6. The van der Waals surface area contributed by atoms with Crippen LogP contribution in [0.15, 0.2) is 24.3 Å². The SMILES string of the molecule is CC(C)Oc1ccc(CCNC(=O)C(C)C)cc1. The molecule has 3 nitrogen and oxygen atoms in total. The molecule has 0 atom stereocenters. The first kappa shape index (κ1) is 14.6. The zero-order valence-corrected chi connectivity index (χ0v) is 11.7. The molecule has 0 aliphatic carbocycles. The molecule has 0 spiro atoms. The van der Waals surface area contributed by atoms with E-state index in [-0.39, 0.29) is 17.9 Å². The third kappa shape index (κ3) is 5.21. The summed E-state index contributed by atoms with van der Waals surface area (Å²) in [7, 11) is 0. The van der Waals surface area contributed by atoms with Crippen molar-refractivity contribution in [3.63, 3.8) is 0 Å². The summed E-state index contributed by atoms with van der Waals surface area (Å²) < 4.78 is 5.57. The highest BCUT2D eigenvalue weighted by Crippen LogP contribution is 2.13. The minimum absolute atomic E-state index is 0.0480. The van der Waals surface area contributed by atoms with E-state index in [1.807, 2.05) is 52.0 Å². The van der Waals surface area contributed by atoms with Crippen LogP contribution in [0.3, 0.4) is 0 Å². The predicted octanol–water partition coefficient (Wildman–Crippen LogP) is 2.79. The third-order valence-electron chi connectivity index (χ3n) is 2.53. The topological polar surface area (TPSA) is 38.3 Å². The van der Waals surface area contributed by atoms with Crippen LogP contribution in [-0.2, 0) is 11.2 Å². The van der Waals surface area contributed by atoms with Gasteiger partial charge in [-0.1, -0.05) is 26.0 Å². The quantitative estimate of drug-likeness (QED) is 0.842. The second kappa shape index (κ2) is 7.04. The highest BCUT2D eigenvalue weighted by atomic mass is 16.5. The van der Waals surface area contributed by atoms with Crippen molar-refractivity contribution in [2.75, 3.05) is 6.54 Å². The summed E-state index contributed by atoms with van der Waals surface area (Å²) >= 11 is 0. The summed E-state index contributed by atoms with van der Waals surface area (Å²) in [4.78, 5) is 11.4. The molecular weight excluding hydrogens is 226 g/mol. The minimum atomic E-state index is 0.0480. The number of benzene rings is 1. The lowest BCUT2D eigenvalue weighted by Crippen LogP contribution is -2.29. The molecule has 0 saturated carbocycles. The maximum Gasteiger partial charge on any atom is 0.222 e. The minimum Gasteiger partial charge on any atom is -0.491 e. The first-order valence-corrected chi connectivity index (χ1v) is 6.52. The van der Waals surface area contributed by atoms with Crippen LogP contribution in [0.1, 0.15) is 33.3 Å². The number of ether oxygens (including phenoxy) is 1. The zero-order valence-electron chi connectivity index (χ0n) is 11.7. The summed E-state index contributed by atoms with van der Waals surface area (Å²) in [5.74, 6) is 1.04. The molecule has 0 aliphatic heterocycles. The van der Waals surface area contributed by atoms with E-state index in [2.05, 4.69) is 5.32 Å². The van der Waals surface area contributed by atoms with Crippen molar-refractivity contribution in [1.29, 1.82) is 0 Å². The fourth-order valence-corrected chi connectivity index (χ4v) is 1.54.